The number of hydrogen-bond acceptors (Lipinski definition) is 5. The molecule has 5 N–H and O–H groups in total. The molecule has 0 unspecified atom stereocenters. The van der Waals surface area contributed by atoms with Crippen molar-refractivity contribution in [2.45, 2.75) is 57.5 Å². The van der Waals surface area contributed by atoms with Crippen molar-refractivity contribution in [2.75, 3.05) is 11.1 Å². The van der Waals surface area contributed by atoms with E-state index in [4.69, 9.17) is 11.5 Å². The van der Waals surface area contributed by atoms with Crippen molar-refractivity contribution in [3.05, 3.63) is 18.0 Å². The second kappa shape index (κ2) is 5.52. The summed E-state index contributed by atoms with van der Waals surface area (Å²) in [7, 11) is 0. The predicted octanol–water partition coefficient (Wildman–Crippen LogP) is 2.12. The first kappa shape index (κ1) is 14.1. The lowest BCUT2D eigenvalue weighted by atomic mass is 9.81. The SMILES string of the molecule is CC(C)Nc1c2nccn2nc(N)c1[C@H]1CC[C@H](N)CC1. The molecule has 0 radical (unpaired) electrons. The number of nitrogens with one attached hydrogen (secondary N) is 1. The first-order valence-corrected chi connectivity index (χ1v) is 7.71. The minimum absolute atomic E-state index is 0.317. The maximum atomic E-state index is 6.26. The Morgan fingerprint density at radius 3 is 2.67 bits per heavy atom. The van der Waals surface area contributed by atoms with Gasteiger partial charge in [0.2, 0.25) is 0 Å². The Kier molecular flexibility index (Phi) is 3.71. The molecule has 0 amide bonds. The van der Waals surface area contributed by atoms with Gasteiger partial charge in [-0.1, -0.05) is 0 Å². The van der Waals surface area contributed by atoms with Crippen molar-refractivity contribution < 1.29 is 0 Å². The minimum Gasteiger partial charge on any atom is -0.382 e. The molecule has 114 valence electrons. The van der Waals surface area contributed by atoms with Gasteiger partial charge in [0, 0.05) is 30.0 Å². The van der Waals surface area contributed by atoms with Crippen molar-refractivity contribution in [3.63, 3.8) is 0 Å². The number of nitrogens with zero attached hydrogens (tertiary/aromatic N) is 3. The molecule has 6 heteroatoms. The quantitative estimate of drug-likeness (QED) is 0.804. The van der Waals surface area contributed by atoms with Crippen LogP contribution in [0, 0.1) is 0 Å². The smallest absolute Gasteiger partial charge is 0.177 e. The zero-order valence-electron chi connectivity index (χ0n) is 12.7. The zero-order valence-corrected chi connectivity index (χ0v) is 12.7. The Bertz CT molecular complexity index is 624. The van der Waals surface area contributed by atoms with Gasteiger partial charge in [-0.3, -0.25) is 0 Å². The minimum atomic E-state index is 0.317. The van der Waals surface area contributed by atoms with Gasteiger partial charge in [0.1, 0.15) is 5.82 Å². The number of imidazole rings is 1. The van der Waals surface area contributed by atoms with Gasteiger partial charge in [0.15, 0.2) is 5.65 Å². The van der Waals surface area contributed by atoms with Crippen LogP contribution in [0.2, 0.25) is 0 Å². The van der Waals surface area contributed by atoms with E-state index < -0.39 is 0 Å². The summed E-state index contributed by atoms with van der Waals surface area (Å²) in [5.74, 6) is 1.02. The molecule has 21 heavy (non-hydrogen) atoms. The van der Waals surface area contributed by atoms with Crippen LogP contribution in [0.15, 0.2) is 12.4 Å². The molecule has 1 aliphatic carbocycles. The number of hydrogen-bond donors (Lipinski definition) is 3. The lowest BCUT2D eigenvalue weighted by molar-refractivity contribution is 0.396. The van der Waals surface area contributed by atoms with E-state index in [2.05, 4.69) is 29.2 Å². The molecule has 2 aromatic rings. The van der Waals surface area contributed by atoms with Crippen LogP contribution in [0.4, 0.5) is 11.5 Å². The highest BCUT2D eigenvalue weighted by Gasteiger charge is 2.27. The fraction of sp³-hybridized carbons (Fsp3) is 0.600. The number of nitrogen functional groups attached to an aromatic ring is 1. The molecule has 2 aromatic heterocycles. The summed E-state index contributed by atoms with van der Waals surface area (Å²) >= 11 is 0. The molecule has 0 aromatic carbocycles. The molecule has 1 fully saturated rings. The van der Waals surface area contributed by atoms with Crippen LogP contribution in [0.5, 0.6) is 0 Å². The van der Waals surface area contributed by atoms with Crippen molar-refractivity contribution in [1.29, 1.82) is 0 Å². The fourth-order valence-corrected chi connectivity index (χ4v) is 3.23. The molecule has 0 spiro atoms. The third-order valence-electron chi connectivity index (χ3n) is 4.22. The van der Waals surface area contributed by atoms with Gasteiger partial charge >= 0.3 is 0 Å². The summed E-state index contributed by atoms with van der Waals surface area (Å²) in [6.45, 7) is 4.24. The molecule has 1 aliphatic rings. The Morgan fingerprint density at radius 2 is 2.00 bits per heavy atom. The maximum Gasteiger partial charge on any atom is 0.177 e. The van der Waals surface area contributed by atoms with E-state index in [-0.39, 0.29) is 0 Å². The van der Waals surface area contributed by atoms with Gasteiger partial charge in [-0.2, -0.15) is 0 Å². The highest BCUT2D eigenvalue weighted by Crippen LogP contribution is 2.40. The van der Waals surface area contributed by atoms with Crippen LogP contribution in [-0.2, 0) is 0 Å². The van der Waals surface area contributed by atoms with Gasteiger partial charge in [-0.25, -0.2) is 9.50 Å². The van der Waals surface area contributed by atoms with Crippen molar-refractivity contribution >= 4 is 17.2 Å². The molecule has 0 atom stereocenters. The molecular formula is C15H24N6. The van der Waals surface area contributed by atoms with E-state index >= 15 is 0 Å². The van der Waals surface area contributed by atoms with E-state index in [1.165, 1.54) is 0 Å². The summed E-state index contributed by atoms with van der Waals surface area (Å²) in [6, 6.07) is 0.643. The monoisotopic (exact) mass is 288 g/mol. The Labute approximate surface area is 124 Å². The Morgan fingerprint density at radius 1 is 1.29 bits per heavy atom. The van der Waals surface area contributed by atoms with E-state index in [1.807, 2.05) is 6.20 Å². The molecule has 0 bridgehead atoms. The van der Waals surface area contributed by atoms with Crippen LogP contribution in [0.3, 0.4) is 0 Å². The van der Waals surface area contributed by atoms with Crippen LogP contribution in [-0.4, -0.2) is 26.7 Å². The van der Waals surface area contributed by atoms with Crippen molar-refractivity contribution in [2.24, 2.45) is 5.73 Å². The summed E-state index contributed by atoms with van der Waals surface area (Å²) in [6.07, 6.45) is 7.81. The fourth-order valence-electron chi connectivity index (χ4n) is 3.23. The van der Waals surface area contributed by atoms with E-state index in [1.54, 1.807) is 10.7 Å². The Balaban J connectivity index is 2.08. The second-order valence-electron chi connectivity index (χ2n) is 6.28. The molecule has 3 rings (SSSR count). The third-order valence-corrected chi connectivity index (χ3v) is 4.22. The average molecular weight is 288 g/mol. The summed E-state index contributed by atoms with van der Waals surface area (Å²) in [5.41, 5.74) is 15.3. The Hall–Kier alpha value is -1.82. The number of fused-ring (bicyclic) bond motifs is 1. The van der Waals surface area contributed by atoms with Gasteiger partial charge < -0.3 is 16.8 Å². The lowest BCUT2D eigenvalue weighted by Gasteiger charge is -2.29. The van der Waals surface area contributed by atoms with Crippen LogP contribution >= 0.6 is 0 Å². The number of anilines is 2. The van der Waals surface area contributed by atoms with E-state index in [9.17, 15) is 0 Å². The molecule has 1 saturated carbocycles. The lowest BCUT2D eigenvalue weighted by Crippen LogP contribution is -2.27. The highest BCUT2D eigenvalue weighted by atomic mass is 15.3. The second-order valence-corrected chi connectivity index (χ2v) is 6.28. The van der Waals surface area contributed by atoms with Gasteiger partial charge in [0.05, 0.1) is 5.69 Å². The predicted molar refractivity (Wildman–Crippen MR) is 85.3 cm³/mol. The number of aromatic nitrogens is 3. The molecule has 2 heterocycles. The summed E-state index contributed by atoms with van der Waals surface area (Å²) in [4.78, 5) is 4.44. The van der Waals surface area contributed by atoms with Gasteiger partial charge in [0.25, 0.3) is 0 Å². The topological polar surface area (TPSA) is 94.3 Å². The molecule has 0 aliphatic heterocycles. The zero-order chi connectivity index (χ0) is 15.0. The van der Waals surface area contributed by atoms with Gasteiger partial charge in [-0.15, -0.1) is 5.10 Å². The van der Waals surface area contributed by atoms with Gasteiger partial charge in [-0.05, 0) is 45.4 Å². The first-order valence-electron chi connectivity index (χ1n) is 7.71. The summed E-state index contributed by atoms with van der Waals surface area (Å²) in [5, 5.41) is 7.98. The third kappa shape index (κ3) is 2.68. The normalized spacial score (nSPS) is 22.9. The number of rotatable bonds is 3. The molecular weight excluding hydrogens is 264 g/mol. The van der Waals surface area contributed by atoms with Crippen LogP contribution in [0.25, 0.3) is 5.65 Å². The van der Waals surface area contributed by atoms with E-state index in [0.717, 1.165) is 42.6 Å². The van der Waals surface area contributed by atoms with E-state index in [0.29, 0.717) is 23.8 Å². The molecule has 0 saturated heterocycles. The molecule has 6 nitrogen and oxygen atoms in total. The average Bonchev–Trinajstić information content (AvgIpc) is 2.88. The van der Waals surface area contributed by atoms with Crippen LogP contribution < -0.4 is 16.8 Å². The summed E-state index contributed by atoms with van der Waals surface area (Å²) < 4.78 is 1.75. The van der Waals surface area contributed by atoms with Crippen molar-refractivity contribution in [3.8, 4) is 0 Å². The maximum absolute atomic E-state index is 6.26. The standard InChI is InChI=1S/C15H24N6/c1-9(2)19-13-12(10-3-5-11(16)6-4-10)14(17)20-21-8-7-18-15(13)21/h7-11,19H,3-6,16H2,1-2H3,(H2,17,20)/t10-,11-. The number of nitrogens with two attached hydrogens (primary N) is 2. The largest absolute Gasteiger partial charge is 0.382 e. The first-order chi connectivity index (χ1) is 10.1. The van der Waals surface area contributed by atoms with Crippen molar-refractivity contribution in [1.82, 2.24) is 14.6 Å². The van der Waals surface area contributed by atoms with Crippen LogP contribution in [0.1, 0.15) is 51.0 Å². The highest BCUT2D eigenvalue weighted by molar-refractivity contribution is 5.76.